The number of amides is 2. The topological polar surface area (TPSA) is 86.8 Å². The number of sulfonamides is 1. The first-order chi connectivity index (χ1) is 19.0. The Kier molecular flexibility index (Phi) is 11.0. The highest BCUT2D eigenvalue weighted by atomic mass is 35.5. The Bertz CT molecular complexity index is 1490. The van der Waals surface area contributed by atoms with Crippen LogP contribution in [0.3, 0.4) is 0 Å². The molecule has 0 saturated carbocycles. The second kappa shape index (κ2) is 13.7. The standard InChI is InChI=1S/C29H31Cl4N3O4S/c1-29(2,3)34-28(38)26(13-19-8-6-5-7-9-19)35(17-20-10-11-24(32)25(33)12-20)27(37)18-36(41(4,39)40)23-15-21(30)14-22(31)16-23/h5-12,14-16,26H,13,17-18H2,1-4H3,(H,34,38)/t26-/m1/s1. The van der Waals surface area contributed by atoms with Crippen LogP contribution in [-0.2, 0) is 32.6 Å². The van der Waals surface area contributed by atoms with Gasteiger partial charge in [-0.3, -0.25) is 13.9 Å². The summed E-state index contributed by atoms with van der Waals surface area (Å²) in [5.74, 6) is -1.02. The lowest BCUT2D eigenvalue weighted by Crippen LogP contribution is -2.56. The molecule has 0 aliphatic carbocycles. The zero-order valence-corrected chi connectivity index (χ0v) is 26.8. The van der Waals surface area contributed by atoms with Crippen LogP contribution < -0.4 is 9.62 Å². The molecule has 2 amide bonds. The molecule has 0 heterocycles. The Morgan fingerprint density at radius 1 is 0.854 bits per heavy atom. The maximum Gasteiger partial charge on any atom is 0.244 e. The van der Waals surface area contributed by atoms with E-state index < -0.39 is 40.0 Å². The molecule has 0 saturated heterocycles. The summed E-state index contributed by atoms with van der Waals surface area (Å²) in [4.78, 5) is 29.2. The second-order valence-corrected chi connectivity index (χ2v) is 14.2. The third-order valence-electron chi connectivity index (χ3n) is 5.92. The molecule has 0 unspecified atom stereocenters. The van der Waals surface area contributed by atoms with Gasteiger partial charge < -0.3 is 10.2 Å². The quantitative estimate of drug-likeness (QED) is 0.265. The van der Waals surface area contributed by atoms with Crippen molar-refractivity contribution < 1.29 is 18.0 Å². The summed E-state index contributed by atoms with van der Waals surface area (Å²) >= 11 is 24.7. The molecule has 12 heteroatoms. The minimum atomic E-state index is -3.97. The van der Waals surface area contributed by atoms with Gasteiger partial charge in [0, 0.05) is 28.5 Å². The third kappa shape index (κ3) is 9.79. The van der Waals surface area contributed by atoms with Crippen molar-refractivity contribution >= 4 is 73.9 Å². The van der Waals surface area contributed by atoms with Crippen LogP contribution in [0, 0.1) is 0 Å². The largest absolute Gasteiger partial charge is 0.350 e. The highest BCUT2D eigenvalue weighted by Crippen LogP contribution is 2.28. The van der Waals surface area contributed by atoms with Gasteiger partial charge in [-0.1, -0.05) is 82.8 Å². The zero-order valence-electron chi connectivity index (χ0n) is 23.0. The van der Waals surface area contributed by atoms with E-state index in [-0.39, 0.29) is 33.7 Å². The predicted octanol–water partition coefficient (Wildman–Crippen LogP) is 6.62. The molecule has 0 radical (unpaired) electrons. The van der Waals surface area contributed by atoms with Gasteiger partial charge in [-0.25, -0.2) is 8.42 Å². The van der Waals surface area contributed by atoms with Gasteiger partial charge in [-0.2, -0.15) is 0 Å². The Balaban J connectivity index is 2.11. The number of nitrogens with one attached hydrogen (secondary N) is 1. The molecule has 41 heavy (non-hydrogen) atoms. The van der Waals surface area contributed by atoms with E-state index in [0.29, 0.717) is 10.6 Å². The lowest BCUT2D eigenvalue weighted by molar-refractivity contribution is -0.140. The Labute approximate surface area is 261 Å². The maximum absolute atomic E-state index is 14.1. The number of nitrogens with zero attached hydrogens (tertiary/aromatic N) is 2. The molecule has 0 aromatic heterocycles. The number of anilines is 1. The molecule has 1 atom stereocenters. The van der Waals surface area contributed by atoms with Crippen molar-refractivity contribution in [2.24, 2.45) is 0 Å². The summed E-state index contributed by atoms with van der Waals surface area (Å²) in [7, 11) is -3.97. The smallest absolute Gasteiger partial charge is 0.244 e. The Hall–Kier alpha value is -2.49. The summed E-state index contributed by atoms with van der Waals surface area (Å²) < 4.78 is 26.7. The van der Waals surface area contributed by atoms with Gasteiger partial charge in [0.15, 0.2) is 0 Å². The molecule has 7 nitrogen and oxygen atoms in total. The molecule has 1 N–H and O–H groups in total. The van der Waals surface area contributed by atoms with Crippen LogP contribution in [0.5, 0.6) is 0 Å². The van der Waals surface area contributed by atoms with E-state index in [1.807, 2.05) is 51.1 Å². The molecule has 0 spiro atoms. The normalized spacial score (nSPS) is 12.5. The van der Waals surface area contributed by atoms with Crippen LogP contribution in [0.25, 0.3) is 0 Å². The van der Waals surface area contributed by atoms with E-state index in [9.17, 15) is 18.0 Å². The van der Waals surface area contributed by atoms with Crippen LogP contribution >= 0.6 is 46.4 Å². The lowest BCUT2D eigenvalue weighted by Gasteiger charge is -2.35. The Morgan fingerprint density at radius 2 is 1.46 bits per heavy atom. The van der Waals surface area contributed by atoms with Gasteiger partial charge in [-0.05, 0) is 62.2 Å². The number of hydrogen-bond donors (Lipinski definition) is 1. The van der Waals surface area contributed by atoms with Crippen molar-refractivity contribution in [3.8, 4) is 0 Å². The van der Waals surface area contributed by atoms with E-state index >= 15 is 0 Å². The van der Waals surface area contributed by atoms with Gasteiger partial charge in [0.05, 0.1) is 22.0 Å². The molecule has 0 bridgehead atoms. The first kappa shape index (κ1) is 33.0. The average Bonchev–Trinajstić information content (AvgIpc) is 2.85. The van der Waals surface area contributed by atoms with Gasteiger partial charge in [-0.15, -0.1) is 0 Å². The van der Waals surface area contributed by atoms with Gasteiger partial charge >= 0.3 is 0 Å². The minimum Gasteiger partial charge on any atom is -0.350 e. The predicted molar refractivity (Wildman–Crippen MR) is 167 cm³/mol. The fraction of sp³-hybridized carbons (Fsp3) is 0.310. The van der Waals surface area contributed by atoms with E-state index in [2.05, 4.69) is 5.32 Å². The van der Waals surface area contributed by atoms with Crippen molar-refractivity contribution in [1.29, 1.82) is 0 Å². The summed E-state index contributed by atoms with van der Waals surface area (Å²) in [6.45, 7) is 4.86. The molecule has 0 aliphatic rings. The van der Waals surface area contributed by atoms with Crippen LogP contribution in [0.2, 0.25) is 20.1 Å². The molecule has 3 aromatic rings. The molecular formula is C29H31Cl4N3O4S. The molecular weight excluding hydrogens is 628 g/mol. The number of benzene rings is 3. The van der Waals surface area contributed by atoms with Crippen LogP contribution in [0.4, 0.5) is 5.69 Å². The zero-order chi connectivity index (χ0) is 30.5. The summed E-state index contributed by atoms with van der Waals surface area (Å²) in [6, 6.07) is 17.4. The Morgan fingerprint density at radius 3 is 2.00 bits per heavy atom. The average molecular weight is 659 g/mol. The number of rotatable bonds is 10. The van der Waals surface area contributed by atoms with Crippen LogP contribution in [-0.4, -0.2) is 49.5 Å². The molecule has 3 aromatic carbocycles. The monoisotopic (exact) mass is 657 g/mol. The van der Waals surface area contributed by atoms with E-state index in [4.69, 9.17) is 46.4 Å². The number of carbonyl (C=O) groups is 2. The van der Waals surface area contributed by atoms with Crippen molar-refractivity contribution in [1.82, 2.24) is 10.2 Å². The fourth-order valence-electron chi connectivity index (χ4n) is 4.14. The first-order valence-electron chi connectivity index (χ1n) is 12.6. The summed E-state index contributed by atoms with van der Waals surface area (Å²) in [5.41, 5.74) is 0.938. The third-order valence-corrected chi connectivity index (χ3v) is 8.24. The summed E-state index contributed by atoms with van der Waals surface area (Å²) in [5, 5.41) is 3.98. The lowest BCUT2D eigenvalue weighted by atomic mass is 10.0. The number of carbonyl (C=O) groups excluding carboxylic acids is 2. The maximum atomic E-state index is 14.1. The first-order valence-corrected chi connectivity index (χ1v) is 15.9. The van der Waals surface area contributed by atoms with Gasteiger partial charge in [0.2, 0.25) is 21.8 Å². The molecule has 0 aliphatic heterocycles. The molecule has 3 rings (SSSR count). The minimum absolute atomic E-state index is 0.0430. The highest BCUT2D eigenvalue weighted by Gasteiger charge is 2.34. The van der Waals surface area contributed by atoms with E-state index in [1.54, 1.807) is 18.2 Å². The van der Waals surface area contributed by atoms with Crippen molar-refractivity contribution in [2.45, 2.75) is 45.3 Å². The number of hydrogen-bond acceptors (Lipinski definition) is 4. The highest BCUT2D eigenvalue weighted by molar-refractivity contribution is 7.92. The molecule has 0 fully saturated rings. The molecule has 220 valence electrons. The second-order valence-electron chi connectivity index (χ2n) is 10.6. The SMILES string of the molecule is CC(C)(C)NC(=O)[C@@H](Cc1ccccc1)N(Cc1ccc(Cl)c(Cl)c1)C(=O)CN(c1cc(Cl)cc(Cl)c1)S(C)(=O)=O. The van der Waals surface area contributed by atoms with Crippen molar-refractivity contribution in [3.63, 3.8) is 0 Å². The summed E-state index contributed by atoms with van der Waals surface area (Å²) in [6.07, 6.45) is 1.16. The van der Waals surface area contributed by atoms with E-state index in [0.717, 1.165) is 16.1 Å². The van der Waals surface area contributed by atoms with Crippen molar-refractivity contribution in [3.05, 3.63) is 97.9 Å². The van der Waals surface area contributed by atoms with Crippen LogP contribution in [0.15, 0.2) is 66.7 Å². The fourth-order valence-corrected chi connectivity index (χ4v) is 5.81. The van der Waals surface area contributed by atoms with Crippen molar-refractivity contribution in [2.75, 3.05) is 17.1 Å². The van der Waals surface area contributed by atoms with Gasteiger partial charge in [0.25, 0.3) is 0 Å². The van der Waals surface area contributed by atoms with E-state index in [1.165, 1.54) is 23.1 Å². The van der Waals surface area contributed by atoms with Crippen LogP contribution in [0.1, 0.15) is 31.9 Å². The van der Waals surface area contributed by atoms with Gasteiger partial charge in [0.1, 0.15) is 12.6 Å². The number of halogens is 4.